The van der Waals surface area contributed by atoms with Gasteiger partial charge in [0.25, 0.3) is 0 Å². The Kier molecular flexibility index (Phi) is 4.83. The van der Waals surface area contributed by atoms with Crippen molar-refractivity contribution in [3.05, 3.63) is 71.1 Å². The number of aryl methyl sites for hydroxylation is 1. The van der Waals surface area contributed by atoms with Crippen LogP contribution in [0, 0.1) is 6.92 Å². The molecule has 0 atom stereocenters. The van der Waals surface area contributed by atoms with Gasteiger partial charge < -0.3 is 9.64 Å². The van der Waals surface area contributed by atoms with E-state index in [0.29, 0.717) is 0 Å². The number of nitrogens with zero attached hydrogens (tertiary/aromatic N) is 5. The molecule has 2 aliphatic heterocycles. The molecule has 5 rings (SSSR count). The number of benzene rings is 2. The van der Waals surface area contributed by atoms with Crippen LogP contribution >= 0.6 is 0 Å². The van der Waals surface area contributed by atoms with Crippen LogP contribution in [0.4, 0.5) is 5.82 Å². The van der Waals surface area contributed by atoms with Gasteiger partial charge in [0.05, 0.1) is 31.9 Å². The Morgan fingerprint density at radius 1 is 1.07 bits per heavy atom. The second-order valence-corrected chi connectivity index (χ2v) is 7.89. The van der Waals surface area contributed by atoms with E-state index >= 15 is 0 Å². The molecule has 0 N–H and O–H groups in total. The van der Waals surface area contributed by atoms with E-state index in [1.54, 1.807) is 13.4 Å². The molecule has 6 nitrogen and oxygen atoms in total. The van der Waals surface area contributed by atoms with Crippen LogP contribution in [-0.4, -0.2) is 47.9 Å². The van der Waals surface area contributed by atoms with E-state index in [-0.39, 0.29) is 0 Å². The molecule has 2 aromatic carbocycles. The van der Waals surface area contributed by atoms with Gasteiger partial charge in [-0.3, -0.25) is 5.01 Å². The molecule has 0 saturated carbocycles. The summed E-state index contributed by atoms with van der Waals surface area (Å²) in [5.74, 6) is 1.84. The van der Waals surface area contributed by atoms with E-state index in [0.717, 1.165) is 60.6 Å². The maximum absolute atomic E-state index is 5.54. The minimum absolute atomic E-state index is 0.820. The summed E-state index contributed by atoms with van der Waals surface area (Å²) in [5, 5.41) is 7.86. The number of hydrogen-bond donors (Lipinski definition) is 0. The molecule has 0 fully saturated rings. The van der Waals surface area contributed by atoms with Gasteiger partial charge in [0.15, 0.2) is 0 Å². The summed E-state index contributed by atoms with van der Waals surface area (Å²) in [4.78, 5) is 11.5. The van der Waals surface area contributed by atoms with Crippen LogP contribution in [0.1, 0.15) is 17.5 Å². The molecule has 0 radical (unpaired) electrons. The van der Waals surface area contributed by atoms with Gasteiger partial charge in [-0.1, -0.05) is 30.3 Å². The highest BCUT2D eigenvalue weighted by molar-refractivity contribution is 5.92. The monoisotopic (exact) mass is 399 g/mol. The van der Waals surface area contributed by atoms with Gasteiger partial charge in [-0.15, -0.1) is 0 Å². The van der Waals surface area contributed by atoms with E-state index < -0.39 is 0 Å². The zero-order chi connectivity index (χ0) is 20.5. The Hall–Kier alpha value is -3.41. The summed E-state index contributed by atoms with van der Waals surface area (Å²) in [6.45, 7) is 5.49. The van der Waals surface area contributed by atoms with Crippen molar-refractivity contribution >= 4 is 22.9 Å². The van der Waals surface area contributed by atoms with Crippen molar-refractivity contribution in [3.8, 4) is 5.75 Å². The van der Waals surface area contributed by atoms with Crippen LogP contribution < -0.4 is 9.64 Å². The Labute approximate surface area is 176 Å². The summed E-state index contributed by atoms with van der Waals surface area (Å²) in [6, 6.07) is 14.6. The maximum atomic E-state index is 5.54. The Balaban J connectivity index is 1.40. The zero-order valence-electron chi connectivity index (χ0n) is 17.4. The number of anilines is 1. The lowest BCUT2D eigenvalue weighted by molar-refractivity contribution is 0.297. The SMILES string of the molecule is COc1cc2c(N3CCC4=C(CN(Cc5ccccc5)N=C4)C3)ncnc2cc1C. The number of rotatable bonds is 4. The fourth-order valence-corrected chi connectivity index (χ4v) is 4.28. The standard InChI is InChI=1S/C24H25N5O/c1-17-10-22-21(11-23(17)30-2)24(26-16-25-22)28-9-8-19-12-27-29(15-20(19)14-28)13-18-6-4-3-5-7-18/h3-7,10-12,16H,8-9,13-15H2,1-2H3. The van der Waals surface area contributed by atoms with Crippen LogP contribution in [0.3, 0.4) is 0 Å². The van der Waals surface area contributed by atoms with Gasteiger partial charge in [-0.25, -0.2) is 9.97 Å². The van der Waals surface area contributed by atoms with Crippen molar-refractivity contribution < 1.29 is 4.74 Å². The number of hydrazone groups is 1. The molecule has 0 aliphatic carbocycles. The molecule has 30 heavy (non-hydrogen) atoms. The summed E-state index contributed by atoms with van der Waals surface area (Å²) < 4.78 is 5.54. The summed E-state index contributed by atoms with van der Waals surface area (Å²) in [7, 11) is 1.71. The summed E-state index contributed by atoms with van der Waals surface area (Å²) in [5.41, 5.74) is 6.09. The highest BCUT2D eigenvalue weighted by Gasteiger charge is 2.25. The predicted octanol–water partition coefficient (Wildman–Crippen LogP) is 3.96. The van der Waals surface area contributed by atoms with Crippen molar-refractivity contribution in [3.63, 3.8) is 0 Å². The van der Waals surface area contributed by atoms with E-state index in [1.807, 2.05) is 19.2 Å². The van der Waals surface area contributed by atoms with Gasteiger partial charge in [0, 0.05) is 18.5 Å². The molecule has 0 spiro atoms. The lowest BCUT2D eigenvalue weighted by Crippen LogP contribution is -2.38. The van der Waals surface area contributed by atoms with Crippen molar-refractivity contribution in [1.29, 1.82) is 0 Å². The smallest absolute Gasteiger partial charge is 0.140 e. The molecule has 3 heterocycles. The quantitative estimate of drug-likeness (QED) is 0.665. The largest absolute Gasteiger partial charge is 0.496 e. The van der Waals surface area contributed by atoms with Gasteiger partial charge in [-0.05, 0) is 47.8 Å². The van der Waals surface area contributed by atoms with Crippen LogP contribution in [0.5, 0.6) is 5.75 Å². The first kappa shape index (κ1) is 18.6. The maximum Gasteiger partial charge on any atom is 0.140 e. The average molecular weight is 399 g/mol. The van der Waals surface area contributed by atoms with E-state index in [1.165, 1.54) is 16.7 Å². The fourth-order valence-electron chi connectivity index (χ4n) is 4.28. The van der Waals surface area contributed by atoms with Crippen molar-refractivity contribution in [2.24, 2.45) is 5.10 Å². The normalized spacial score (nSPS) is 16.2. The lowest BCUT2D eigenvalue weighted by atomic mass is 9.99. The predicted molar refractivity (Wildman–Crippen MR) is 120 cm³/mol. The second-order valence-electron chi connectivity index (χ2n) is 7.89. The number of hydrogen-bond acceptors (Lipinski definition) is 6. The van der Waals surface area contributed by atoms with Gasteiger partial charge >= 0.3 is 0 Å². The molecule has 2 aliphatic rings. The van der Waals surface area contributed by atoms with Gasteiger partial charge in [0.1, 0.15) is 17.9 Å². The van der Waals surface area contributed by atoms with E-state index in [4.69, 9.17) is 4.74 Å². The average Bonchev–Trinajstić information content (AvgIpc) is 2.78. The van der Waals surface area contributed by atoms with Crippen LogP contribution in [-0.2, 0) is 6.54 Å². The number of methoxy groups -OCH3 is 1. The number of aromatic nitrogens is 2. The van der Waals surface area contributed by atoms with Crippen molar-refractivity contribution in [2.75, 3.05) is 31.6 Å². The molecule has 0 unspecified atom stereocenters. The first-order valence-electron chi connectivity index (χ1n) is 10.3. The zero-order valence-corrected chi connectivity index (χ0v) is 17.4. The third kappa shape index (κ3) is 3.49. The van der Waals surface area contributed by atoms with Crippen molar-refractivity contribution in [1.82, 2.24) is 15.0 Å². The minimum Gasteiger partial charge on any atom is -0.496 e. The van der Waals surface area contributed by atoms with E-state index in [9.17, 15) is 0 Å². The molecule has 0 amide bonds. The molecule has 1 aromatic heterocycles. The molecular formula is C24H25N5O. The second kappa shape index (κ2) is 7.78. The van der Waals surface area contributed by atoms with Crippen molar-refractivity contribution in [2.45, 2.75) is 19.9 Å². The third-order valence-corrected chi connectivity index (χ3v) is 5.88. The summed E-state index contributed by atoms with van der Waals surface area (Å²) in [6.07, 6.45) is 4.69. The molecule has 3 aromatic rings. The lowest BCUT2D eigenvalue weighted by Gasteiger charge is -2.35. The topological polar surface area (TPSA) is 53.9 Å². The van der Waals surface area contributed by atoms with Crippen LogP contribution in [0.2, 0.25) is 0 Å². The highest BCUT2D eigenvalue weighted by Crippen LogP contribution is 2.32. The van der Waals surface area contributed by atoms with Gasteiger partial charge in [0.2, 0.25) is 0 Å². The van der Waals surface area contributed by atoms with Gasteiger partial charge in [-0.2, -0.15) is 5.10 Å². The third-order valence-electron chi connectivity index (χ3n) is 5.88. The molecule has 0 saturated heterocycles. The molecule has 152 valence electrons. The first-order chi connectivity index (χ1) is 14.7. The van der Waals surface area contributed by atoms with Crippen LogP contribution in [0.15, 0.2) is 65.0 Å². The molecular weight excluding hydrogens is 374 g/mol. The Morgan fingerprint density at radius 3 is 2.77 bits per heavy atom. The molecule has 6 heteroatoms. The van der Waals surface area contributed by atoms with E-state index in [2.05, 4.69) is 61.4 Å². The highest BCUT2D eigenvalue weighted by atomic mass is 16.5. The summed E-state index contributed by atoms with van der Waals surface area (Å²) >= 11 is 0. The first-order valence-corrected chi connectivity index (χ1v) is 10.3. The number of ether oxygens (including phenoxy) is 1. The van der Waals surface area contributed by atoms with Crippen LogP contribution in [0.25, 0.3) is 10.9 Å². The Bertz CT molecular complexity index is 1140. The fraction of sp³-hybridized carbons (Fsp3) is 0.292. The minimum atomic E-state index is 0.820. The Morgan fingerprint density at radius 2 is 1.93 bits per heavy atom. The molecule has 0 bridgehead atoms. The number of fused-ring (bicyclic) bond motifs is 1.